The fourth-order valence-corrected chi connectivity index (χ4v) is 7.00. The van der Waals surface area contributed by atoms with E-state index in [1.54, 1.807) is 34.9 Å². The van der Waals surface area contributed by atoms with Crippen molar-refractivity contribution >= 4 is 27.6 Å². The molecule has 0 bridgehead atoms. The SMILES string of the molecule is CCNS(=O)(=O)c1ccc2c(c1)C(c1ccc(C(=O)N(CC)CC)cc1)=CC1(CCCN(C(=O)OCc3ccccc3)CC1)O2. The van der Waals surface area contributed by atoms with Crippen LogP contribution in [0.1, 0.15) is 67.1 Å². The first kappa shape index (κ1) is 32.2. The lowest BCUT2D eigenvalue weighted by Crippen LogP contribution is -2.39. The van der Waals surface area contributed by atoms with E-state index in [0.29, 0.717) is 62.3 Å². The van der Waals surface area contributed by atoms with E-state index in [4.69, 9.17) is 9.47 Å². The van der Waals surface area contributed by atoms with Crippen LogP contribution in [0.25, 0.3) is 5.57 Å². The lowest BCUT2D eigenvalue weighted by molar-refractivity contribution is 0.0772. The third kappa shape index (κ3) is 7.23. The van der Waals surface area contributed by atoms with Crippen LogP contribution in [-0.4, -0.2) is 68.5 Å². The molecule has 9 nitrogen and oxygen atoms in total. The molecule has 1 saturated heterocycles. The number of carbonyl (C=O) groups excluding carboxylic acids is 2. The summed E-state index contributed by atoms with van der Waals surface area (Å²) in [6.45, 7) is 8.35. The average Bonchev–Trinajstić information content (AvgIpc) is 3.26. The van der Waals surface area contributed by atoms with E-state index in [2.05, 4.69) is 10.8 Å². The predicted molar refractivity (Wildman–Crippen MR) is 173 cm³/mol. The van der Waals surface area contributed by atoms with E-state index < -0.39 is 15.6 Å². The normalized spacial score (nSPS) is 17.9. The lowest BCUT2D eigenvalue weighted by atomic mass is 9.84. The maximum absolute atomic E-state index is 13.0. The van der Waals surface area contributed by atoms with Crippen LogP contribution in [0.3, 0.4) is 0 Å². The molecule has 2 aliphatic heterocycles. The molecule has 2 amide bonds. The highest BCUT2D eigenvalue weighted by Crippen LogP contribution is 2.44. The van der Waals surface area contributed by atoms with Gasteiger partial charge in [0.2, 0.25) is 10.0 Å². The van der Waals surface area contributed by atoms with E-state index in [1.165, 1.54) is 0 Å². The Hall–Kier alpha value is -4.15. The summed E-state index contributed by atoms with van der Waals surface area (Å²) < 4.78 is 40.7. The zero-order valence-electron chi connectivity index (χ0n) is 26.1. The Morgan fingerprint density at radius 2 is 1.69 bits per heavy atom. The maximum Gasteiger partial charge on any atom is 0.410 e. The zero-order chi connectivity index (χ0) is 32.0. The minimum atomic E-state index is -3.71. The van der Waals surface area contributed by atoms with Crippen molar-refractivity contribution in [2.45, 2.75) is 57.1 Å². The number of fused-ring (bicyclic) bond motifs is 1. The third-order valence-corrected chi connectivity index (χ3v) is 9.94. The van der Waals surface area contributed by atoms with E-state index in [1.807, 2.05) is 68.4 Å². The molecule has 2 aliphatic rings. The number of nitrogens with zero attached hydrogens (tertiary/aromatic N) is 2. The second-order valence-corrected chi connectivity index (χ2v) is 13.1. The van der Waals surface area contributed by atoms with Gasteiger partial charge < -0.3 is 19.3 Å². The molecule has 1 fully saturated rings. The first-order valence-electron chi connectivity index (χ1n) is 15.6. The zero-order valence-corrected chi connectivity index (χ0v) is 26.9. The molecule has 0 aliphatic carbocycles. The Labute approximate surface area is 265 Å². The van der Waals surface area contributed by atoms with Gasteiger partial charge in [0.05, 0.1) is 4.90 Å². The minimum Gasteiger partial charge on any atom is -0.482 e. The molecule has 2 heterocycles. The number of amides is 2. The Balaban J connectivity index is 1.45. The Morgan fingerprint density at radius 1 is 0.956 bits per heavy atom. The van der Waals surface area contributed by atoms with Crippen molar-refractivity contribution in [2.75, 3.05) is 32.7 Å². The van der Waals surface area contributed by atoms with E-state index in [-0.39, 0.29) is 30.0 Å². The van der Waals surface area contributed by atoms with Crippen LogP contribution in [-0.2, 0) is 21.4 Å². The fraction of sp³-hybridized carbons (Fsp3) is 0.371. The summed E-state index contributed by atoms with van der Waals surface area (Å²) in [5, 5.41) is 0. The summed E-state index contributed by atoms with van der Waals surface area (Å²) in [6.07, 6.45) is 3.60. The van der Waals surface area contributed by atoms with Gasteiger partial charge in [0.1, 0.15) is 18.0 Å². The molecular weight excluding hydrogens is 590 g/mol. The monoisotopic (exact) mass is 631 g/mol. The third-order valence-electron chi connectivity index (χ3n) is 8.40. The number of carbonyl (C=O) groups is 2. The smallest absolute Gasteiger partial charge is 0.410 e. The average molecular weight is 632 g/mol. The van der Waals surface area contributed by atoms with Gasteiger partial charge in [-0.2, -0.15) is 0 Å². The standard InChI is InChI=1S/C35H41N3O6S/c1-4-36-45(41,42)29-17-18-32-30(23-29)31(27-13-15-28(16-14-27)33(39)37(5-2)6-3)24-35(44-32)19-10-21-38(22-20-35)34(40)43-25-26-11-8-7-9-12-26/h7-9,11-18,23-24,36H,4-6,10,19-22,25H2,1-3H3. The highest BCUT2D eigenvalue weighted by Gasteiger charge is 2.39. The van der Waals surface area contributed by atoms with Gasteiger partial charge in [-0.25, -0.2) is 17.9 Å². The molecule has 1 unspecified atom stereocenters. The van der Waals surface area contributed by atoms with E-state index in [9.17, 15) is 18.0 Å². The first-order valence-corrected chi connectivity index (χ1v) is 17.1. The van der Waals surface area contributed by atoms with Gasteiger partial charge in [-0.3, -0.25) is 4.79 Å². The molecule has 238 valence electrons. The van der Waals surface area contributed by atoms with Crippen LogP contribution >= 0.6 is 0 Å². The Morgan fingerprint density at radius 3 is 2.38 bits per heavy atom. The molecule has 45 heavy (non-hydrogen) atoms. The second kappa shape index (κ2) is 13.9. The molecule has 1 spiro atoms. The van der Waals surface area contributed by atoms with Crippen LogP contribution in [0, 0.1) is 0 Å². The molecule has 10 heteroatoms. The quantitative estimate of drug-likeness (QED) is 0.318. The number of hydrogen-bond acceptors (Lipinski definition) is 6. The summed E-state index contributed by atoms with van der Waals surface area (Å²) in [7, 11) is -3.71. The van der Waals surface area contributed by atoms with Gasteiger partial charge >= 0.3 is 6.09 Å². The number of hydrogen-bond donors (Lipinski definition) is 1. The van der Waals surface area contributed by atoms with Gasteiger partial charge in [0, 0.05) is 50.3 Å². The van der Waals surface area contributed by atoms with Crippen molar-refractivity contribution < 1.29 is 27.5 Å². The summed E-state index contributed by atoms with van der Waals surface area (Å²) in [4.78, 5) is 29.6. The van der Waals surface area contributed by atoms with Crippen LogP contribution in [0.2, 0.25) is 0 Å². The second-order valence-electron chi connectivity index (χ2n) is 11.3. The van der Waals surface area contributed by atoms with Gasteiger partial charge in [-0.15, -0.1) is 0 Å². The maximum atomic E-state index is 13.0. The van der Waals surface area contributed by atoms with E-state index >= 15 is 0 Å². The highest BCUT2D eigenvalue weighted by atomic mass is 32.2. The summed E-state index contributed by atoms with van der Waals surface area (Å²) in [6, 6.07) is 21.9. The Kier molecular flexibility index (Phi) is 9.94. The number of nitrogens with one attached hydrogen (secondary N) is 1. The number of rotatable bonds is 9. The van der Waals surface area contributed by atoms with Crippen molar-refractivity contribution in [3.63, 3.8) is 0 Å². The lowest BCUT2D eigenvalue weighted by Gasteiger charge is -2.37. The van der Waals surface area contributed by atoms with Crippen molar-refractivity contribution in [1.29, 1.82) is 0 Å². The summed E-state index contributed by atoms with van der Waals surface area (Å²) in [5.41, 5.74) is 3.13. The molecule has 3 aromatic rings. The van der Waals surface area contributed by atoms with Crippen LogP contribution < -0.4 is 9.46 Å². The topological polar surface area (TPSA) is 105 Å². The van der Waals surface area contributed by atoms with Crippen LogP contribution in [0.5, 0.6) is 5.75 Å². The van der Waals surface area contributed by atoms with Crippen molar-refractivity contribution in [1.82, 2.24) is 14.5 Å². The number of sulfonamides is 1. The highest BCUT2D eigenvalue weighted by molar-refractivity contribution is 7.89. The molecular formula is C35H41N3O6S. The molecule has 0 aromatic heterocycles. The molecule has 0 radical (unpaired) electrons. The molecule has 3 aromatic carbocycles. The molecule has 1 N–H and O–H groups in total. The largest absolute Gasteiger partial charge is 0.482 e. The number of benzene rings is 3. The molecule has 1 atom stereocenters. The molecule has 0 saturated carbocycles. The van der Waals surface area contributed by atoms with Crippen molar-refractivity contribution in [3.8, 4) is 5.75 Å². The van der Waals surface area contributed by atoms with Crippen molar-refractivity contribution in [3.05, 3.63) is 101 Å². The first-order chi connectivity index (χ1) is 21.7. The fourth-order valence-electron chi connectivity index (χ4n) is 5.93. The van der Waals surface area contributed by atoms with Gasteiger partial charge in [0.25, 0.3) is 5.91 Å². The number of likely N-dealkylation sites (tertiary alicyclic amines) is 1. The Bertz CT molecular complexity index is 1650. The minimum absolute atomic E-state index is 0.0357. The summed E-state index contributed by atoms with van der Waals surface area (Å²) in [5.74, 6) is 0.540. The summed E-state index contributed by atoms with van der Waals surface area (Å²) >= 11 is 0. The van der Waals surface area contributed by atoms with Gasteiger partial charge in [0.15, 0.2) is 0 Å². The number of ether oxygens (including phenoxy) is 2. The van der Waals surface area contributed by atoms with Gasteiger partial charge in [-0.1, -0.05) is 49.4 Å². The molecule has 5 rings (SSSR count). The predicted octanol–water partition coefficient (Wildman–Crippen LogP) is 5.85. The van der Waals surface area contributed by atoms with Crippen molar-refractivity contribution in [2.24, 2.45) is 0 Å². The van der Waals surface area contributed by atoms with Crippen LogP contribution in [0.4, 0.5) is 4.79 Å². The van der Waals surface area contributed by atoms with Gasteiger partial charge in [-0.05, 0) is 79.8 Å². The van der Waals surface area contributed by atoms with Crippen LogP contribution in [0.15, 0.2) is 83.8 Å². The van der Waals surface area contributed by atoms with E-state index in [0.717, 1.165) is 16.7 Å².